The lowest BCUT2D eigenvalue weighted by Gasteiger charge is -2.38. The first kappa shape index (κ1) is 12.1. The van der Waals surface area contributed by atoms with E-state index in [4.69, 9.17) is 9.84 Å². The smallest absolute Gasteiger partial charge is 0.159 e. The second kappa shape index (κ2) is 4.89. The molecular weight excluding hydrogens is 232 g/mol. The molecule has 2 heterocycles. The number of hydrogen-bond donors (Lipinski definition) is 4. The number of aliphatic hydroxyl groups excluding tert-OH is 3. The van der Waals surface area contributed by atoms with Gasteiger partial charge in [0.1, 0.15) is 23.7 Å². The highest BCUT2D eigenvalue weighted by Gasteiger charge is 2.48. The van der Waals surface area contributed by atoms with Crippen molar-refractivity contribution in [2.24, 2.45) is 4.99 Å². The van der Waals surface area contributed by atoms with Gasteiger partial charge in [0.25, 0.3) is 0 Å². The van der Waals surface area contributed by atoms with E-state index >= 15 is 0 Å². The van der Waals surface area contributed by atoms with Gasteiger partial charge in [0.05, 0.1) is 12.6 Å². The third-order valence-corrected chi connectivity index (χ3v) is 3.81. The van der Waals surface area contributed by atoms with Crippen LogP contribution in [0.15, 0.2) is 4.99 Å². The minimum atomic E-state index is -1.07. The van der Waals surface area contributed by atoms with Gasteiger partial charge < -0.3 is 25.4 Å². The number of fused-ring (bicyclic) bond motifs is 1. The maximum Gasteiger partial charge on any atom is 0.159 e. The Morgan fingerprint density at radius 1 is 1.44 bits per heavy atom. The van der Waals surface area contributed by atoms with Gasteiger partial charge in [-0.25, -0.2) is 0 Å². The van der Waals surface area contributed by atoms with Gasteiger partial charge in [0.15, 0.2) is 5.17 Å². The van der Waals surface area contributed by atoms with Crippen molar-refractivity contribution in [2.75, 3.05) is 13.2 Å². The molecule has 4 N–H and O–H groups in total. The molecule has 16 heavy (non-hydrogen) atoms. The van der Waals surface area contributed by atoms with Crippen molar-refractivity contribution >= 4 is 16.9 Å². The van der Waals surface area contributed by atoms with Gasteiger partial charge in [-0.1, -0.05) is 11.8 Å². The minimum Gasteiger partial charge on any atom is -0.394 e. The summed E-state index contributed by atoms with van der Waals surface area (Å²) in [4.78, 5) is 4.19. The standard InChI is InChI=1S/C9H16N2O4S/c1-2-10-9-11-5-7(14)6(13)4(3-12)15-8(5)16-9/h4-8,12-14H,2-3H2,1H3,(H,10,11)/t4-,5+,6-,7-,8-/m1/s1. The Hall–Kier alpha value is -0.340. The first-order valence-corrected chi connectivity index (χ1v) is 6.15. The molecule has 5 atom stereocenters. The number of thioether (sulfide) groups is 1. The maximum absolute atomic E-state index is 9.86. The highest BCUT2D eigenvalue weighted by atomic mass is 32.2. The largest absolute Gasteiger partial charge is 0.394 e. The third kappa shape index (κ3) is 2.05. The first-order valence-electron chi connectivity index (χ1n) is 5.27. The predicted molar refractivity (Wildman–Crippen MR) is 60.3 cm³/mol. The van der Waals surface area contributed by atoms with Crippen LogP contribution in [0.2, 0.25) is 0 Å². The van der Waals surface area contributed by atoms with Crippen LogP contribution >= 0.6 is 11.8 Å². The molecule has 0 spiro atoms. The van der Waals surface area contributed by atoms with Crippen LogP contribution < -0.4 is 5.32 Å². The Bertz CT molecular complexity index is 289. The molecule has 0 aromatic carbocycles. The van der Waals surface area contributed by atoms with Crippen molar-refractivity contribution in [1.82, 2.24) is 5.32 Å². The summed E-state index contributed by atoms with van der Waals surface area (Å²) in [6, 6.07) is -0.368. The number of aliphatic hydroxyl groups is 3. The number of nitrogens with zero attached hydrogens (tertiary/aromatic N) is 1. The summed E-state index contributed by atoms with van der Waals surface area (Å²) in [5, 5.41) is 32.3. The van der Waals surface area contributed by atoms with E-state index in [9.17, 15) is 10.2 Å². The van der Waals surface area contributed by atoms with E-state index in [2.05, 4.69) is 10.3 Å². The SMILES string of the molecule is CCN=C1N[C@H]2[C@@H](O)[C@H](O)[C@@H](CO)O[C@@H]2S1. The Morgan fingerprint density at radius 3 is 2.81 bits per heavy atom. The molecule has 0 aliphatic carbocycles. The molecule has 0 unspecified atom stereocenters. The molecule has 2 aliphatic heterocycles. The topological polar surface area (TPSA) is 94.3 Å². The van der Waals surface area contributed by atoms with Crippen LogP contribution in [0.25, 0.3) is 0 Å². The number of ether oxygens (including phenoxy) is 1. The summed E-state index contributed by atoms with van der Waals surface area (Å²) >= 11 is 1.38. The van der Waals surface area contributed by atoms with Crippen LogP contribution in [0.1, 0.15) is 6.92 Å². The van der Waals surface area contributed by atoms with Crippen molar-refractivity contribution in [3.05, 3.63) is 0 Å². The van der Waals surface area contributed by atoms with E-state index in [0.29, 0.717) is 11.7 Å². The monoisotopic (exact) mass is 248 g/mol. The molecule has 2 aliphatic rings. The number of hydrogen-bond acceptors (Lipinski definition) is 6. The highest BCUT2D eigenvalue weighted by Crippen LogP contribution is 2.33. The zero-order valence-electron chi connectivity index (χ0n) is 8.91. The summed E-state index contributed by atoms with van der Waals surface area (Å²) < 4.78 is 5.48. The second-order valence-corrected chi connectivity index (χ2v) is 4.86. The van der Waals surface area contributed by atoms with Crippen LogP contribution in [0.5, 0.6) is 0 Å². The van der Waals surface area contributed by atoms with Crippen LogP contribution in [-0.4, -0.2) is 63.4 Å². The van der Waals surface area contributed by atoms with Gasteiger partial charge in [0.2, 0.25) is 0 Å². The summed E-state index contributed by atoms with van der Waals surface area (Å²) in [5.74, 6) is 0. The summed E-state index contributed by atoms with van der Waals surface area (Å²) in [6.45, 7) is 2.26. The Kier molecular flexibility index (Phi) is 3.70. The van der Waals surface area contributed by atoms with E-state index in [1.165, 1.54) is 11.8 Å². The molecule has 2 rings (SSSR count). The maximum atomic E-state index is 9.86. The predicted octanol–water partition coefficient (Wildman–Crippen LogP) is -1.49. The molecule has 92 valence electrons. The van der Waals surface area contributed by atoms with Gasteiger partial charge in [-0.2, -0.15) is 0 Å². The number of nitrogens with one attached hydrogen (secondary N) is 1. The van der Waals surface area contributed by atoms with Crippen molar-refractivity contribution in [3.8, 4) is 0 Å². The van der Waals surface area contributed by atoms with Gasteiger partial charge >= 0.3 is 0 Å². The number of amidine groups is 1. The number of aliphatic imine (C=N–C) groups is 1. The van der Waals surface area contributed by atoms with Gasteiger partial charge in [-0.05, 0) is 6.92 Å². The normalized spacial score (nSPS) is 45.5. The van der Waals surface area contributed by atoms with E-state index in [-0.39, 0.29) is 18.1 Å². The van der Waals surface area contributed by atoms with Crippen LogP contribution in [0, 0.1) is 0 Å². The average molecular weight is 248 g/mol. The van der Waals surface area contributed by atoms with E-state index < -0.39 is 18.3 Å². The summed E-state index contributed by atoms with van der Waals surface area (Å²) in [5.41, 5.74) is -0.305. The molecule has 0 aromatic heterocycles. The zero-order valence-corrected chi connectivity index (χ0v) is 9.72. The Balaban J connectivity index is 2.10. The van der Waals surface area contributed by atoms with Crippen LogP contribution in [0.4, 0.5) is 0 Å². The number of rotatable bonds is 2. The van der Waals surface area contributed by atoms with E-state index in [0.717, 1.165) is 0 Å². The lowest BCUT2D eigenvalue weighted by atomic mass is 9.98. The molecule has 0 bridgehead atoms. The van der Waals surface area contributed by atoms with Gasteiger partial charge in [-0.15, -0.1) is 0 Å². The van der Waals surface area contributed by atoms with Crippen molar-refractivity contribution in [2.45, 2.75) is 36.7 Å². The minimum absolute atomic E-state index is 0.303. The fourth-order valence-electron chi connectivity index (χ4n) is 1.85. The van der Waals surface area contributed by atoms with Gasteiger partial charge in [-0.3, -0.25) is 4.99 Å². The molecule has 0 amide bonds. The first-order chi connectivity index (χ1) is 7.67. The van der Waals surface area contributed by atoms with E-state index in [1.807, 2.05) is 6.92 Å². The third-order valence-electron chi connectivity index (χ3n) is 2.70. The summed E-state index contributed by atoms with van der Waals surface area (Å²) in [6.07, 6.45) is -2.75. The van der Waals surface area contributed by atoms with E-state index in [1.54, 1.807) is 0 Å². The van der Waals surface area contributed by atoms with Gasteiger partial charge in [0, 0.05) is 6.54 Å². The molecule has 7 heteroatoms. The van der Waals surface area contributed by atoms with Crippen molar-refractivity contribution in [1.29, 1.82) is 0 Å². The molecule has 0 radical (unpaired) electrons. The van der Waals surface area contributed by atoms with Crippen molar-refractivity contribution in [3.63, 3.8) is 0 Å². The second-order valence-electron chi connectivity index (χ2n) is 3.77. The average Bonchev–Trinajstić information content (AvgIpc) is 2.67. The highest BCUT2D eigenvalue weighted by molar-refractivity contribution is 8.14. The molecular formula is C9H16N2O4S. The lowest BCUT2D eigenvalue weighted by Crippen LogP contribution is -2.59. The molecule has 2 fully saturated rings. The van der Waals surface area contributed by atoms with Crippen LogP contribution in [0.3, 0.4) is 0 Å². The fraction of sp³-hybridized carbons (Fsp3) is 0.889. The molecule has 2 saturated heterocycles. The van der Waals surface area contributed by atoms with Crippen LogP contribution in [-0.2, 0) is 4.74 Å². The molecule has 6 nitrogen and oxygen atoms in total. The Morgan fingerprint density at radius 2 is 2.19 bits per heavy atom. The zero-order chi connectivity index (χ0) is 11.7. The summed E-state index contributed by atoms with van der Waals surface area (Å²) in [7, 11) is 0. The lowest BCUT2D eigenvalue weighted by molar-refractivity contribution is -0.167. The molecule has 0 saturated carbocycles. The quantitative estimate of drug-likeness (QED) is 0.475. The van der Waals surface area contributed by atoms with Crippen molar-refractivity contribution < 1.29 is 20.1 Å². The Labute approximate surface area is 97.7 Å². The molecule has 0 aromatic rings. The fourth-order valence-corrected chi connectivity index (χ4v) is 3.05.